The van der Waals surface area contributed by atoms with Gasteiger partial charge in [0, 0.05) is 6.54 Å². The zero-order valence-corrected chi connectivity index (χ0v) is 11.1. The number of benzene rings is 1. The van der Waals surface area contributed by atoms with Crippen LogP contribution in [-0.2, 0) is 16.0 Å². The van der Waals surface area contributed by atoms with Gasteiger partial charge < -0.3 is 10.0 Å². The van der Waals surface area contributed by atoms with Crippen molar-refractivity contribution in [2.45, 2.75) is 38.6 Å². The molecule has 0 radical (unpaired) electrons. The van der Waals surface area contributed by atoms with Crippen molar-refractivity contribution in [3.63, 3.8) is 0 Å². The lowest BCUT2D eigenvalue weighted by Crippen LogP contribution is -2.48. The van der Waals surface area contributed by atoms with Crippen LogP contribution in [0.5, 0.6) is 0 Å². The van der Waals surface area contributed by atoms with Crippen molar-refractivity contribution in [3.8, 4) is 0 Å². The summed E-state index contributed by atoms with van der Waals surface area (Å²) in [6.45, 7) is 2.55. The van der Waals surface area contributed by atoms with E-state index in [1.54, 1.807) is 0 Å². The van der Waals surface area contributed by atoms with Crippen molar-refractivity contribution in [1.29, 1.82) is 0 Å². The first-order chi connectivity index (χ1) is 9.08. The Bertz CT molecular complexity index is 467. The minimum Gasteiger partial charge on any atom is -0.480 e. The van der Waals surface area contributed by atoms with Gasteiger partial charge >= 0.3 is 5.97 Å². The quantitative estimate of drug-likeness (QED) is 0.905. The van der Waals surface area contributed by atoms with Crippen LogP contribution in [0, 0.1) is 6.92 Å². The number of aryl methyl sites for hydroxylation is 1. The highest BCUT2D eigenvalue weighted by Crippen LogP contribution is 2.18. The lowest BCUT2D eigenvalue weighted by atomic mass is 10.0. The van der Waals surface area contributed by atoms with Gasteiger partial charge in [-0.15, -0.1) is 0 Å². The van der Waals surface area contributed by atoms with Crippen molar-refractivity contribution in [3.05, 3.63) is 35.4 Å². The smallest absolute Gasteiger partial charge is 0.326 e. The third-order valence-corrected chi connectivity index (χ3v) is 3.58. The molecule has 1 saturated heterocycles. The topological polar surface area (TPSA) is 57.6 Å². The summed E-state index contributed by atoms with van der Waals surface area (Å²) in [5.41, 5.74) is 2.09. The monoisotopic (exact) mass is 261 g/mol. The first-order valence-corrected chi connectivity index (χ1v) is 6.66. The van der Waals surface area contributed by atoms with Crippen LogP contribution in [0.2, 0.25) is 0 Å². The summed E-state index contributed by atoms with van der Waals surface area (Å²) in [6, 6.07) is 7.13. The fourth-order valence-corrected chi connectivity index (χ4v) is 2.47. The highest BCUT2D eigenvalue weighted by molar-refractivity contribution is 5.85. The predicted octanol–water partition coefficient (Wildman–Crippen LogP) is 2.00. The summed E-state index contributed by atoms with van der Waals surface area (Å²) in [5, 5.41) is 9.17. The van der Waals surface area contributed by atoms with Gasteiger partial charge in [-0.1, -0.05) is 29.8 Å². The van der Waals surface area contributed by atoms with Gasteiger partial charge in [-0.25, -0.2) is 4.79 Å². The van der Waals surface area contributed by atoms with E-state index in [9.17, 15) is 9.59 Å². The molecule has 4 heteroatoms. The normalized spacial score (nSPS) is 19.2. The Kier molecular flexibility index (Phi) is 4.20. The zero-order chi connectivity index (χ0) is 13.8. The number of likely N-dealkylation sites (tertiary alicyclic amines) is 1. The number of nitrogens with zero attached hydrogens (tertiary/aromatic N) is 1. The highest BCUT2D eigenvalue weighted by atomic mass is 16.4. The summed E-state index contributed by atoms with van der Waals surface area (Å²) < 4.78 is 0. The SMILES string of the molecule is Cc1ccc(CC(=O)N2CCCC[C@@H]2C(=O)O)cc1. The number of carbonyl (C=O) groups excluding carboxylic acids is 1. The molecule has 2 rings (SSSR count). The van der Waals surface area contributed by atoms with Crippen LogP contribution in [0.15, 0.2) is 24.3 Å². The number of amides is 1. The molecule has 4 nitrogen and oxygen atoms in total. The molecule has 102 valence electrons. The molecule has 1 aromatic carbocycles. The Morgan fingerprint density at radius 1 is 1.26 bits per heavy atom. The maximum absolute atomic E-state index is 12.2. The molecule has 0 saturated carbocycles. The largest absolute Gasteiger partial charge is 0.480 e. The van der Waals surface area contributed by atoms with Gasteiger partial charge in [-0.05, 0) is 31.7 Å². The zero-order valence-electron chi connectivity index (χ0n) is 11.1. The van der Waals surface area contributed by atoms with Crippen molar-refractivity contribution in [2.75, 3.05) is 6.54 Å². The molecule has 1 aromatic rings. The molecule has 0 aliphatic carbocycles. The fraction of sp³-hybridized carbons (Fsp3) is 0.467. The van der Waals surface area contributed by atoms with Crippen LogP contribution in [-0.4, -0.2) is 34.5 Å². The van der Waals surface area contributed by atoms with Gasteiger partial charge in [0.05, 0.1) is 6.42 Å². The standard InChI is InChI=1S/C15H19NO3/c1-11-5-7-12(8-6-11)10-14(17)16-9-3-2-4-13(16)15(18)19/h5-8,13H,2-4,9-10H2,1H3,(H,18,19)/t13-/m1/s1. The van der Waals surface area contributed by atoms with Gasteiger partial charge in [-0.2, -0.15) is 0 Å². The summed E-state index contributed by atoms with van der Waals surface area (Å²) in [6.07, 6.45) is 2.62. The van der Waals surface area contributed by atoms with Crippen LogP contribution in [0.4, 0.5) is 0 Å². The lowest BCUT2D eigenvalue weighted by Gasteiger charge is -2.33. The molecule has 19 heavy (non-hydrogen) atoms. The third kappa shape index (κ3) is 3.34. The highest BCUT2D eigenvalue weighted by Gasteiger charge is 2.31. The van der Waals surface area contributed by atoms with Gasteiger partial charge in [0.15, 0.2) is 0 Å². The minimum atomic E-state index is -0.892. The molecule has 1 aliphatic heterocycles. The summed E-state index contributed by atoms with van der Waals surface area (Å²) in [5.74, 6) is -0.979. The van der Waals surface area contributed by atoms with Gasteiger partial charge in [0.2, 0.25) is 5.91 Å². The third-order valence-electron chi connectivity index (χ3n) is 3.58. The Balaban J connectivity index is 2.05. The molecular formula is C15H19NO3. The second-order valence-electron chi connectivity index (χ2n) is 5.10. The number of carboxylic acid groups (broad SMARTS) is 1. The van der Waals surface area contributed by atoms with Gasteiger partial charge in [-0.3, -0.25) is 4.79 Å². The fourth-order valence-electron chi connectivity index (χ4n) is 2.47. The molecule has 1 atom stereocenters. The summed E-state index contributed by atoms with van der Waals surface area (Å²) >= 11 is 0. The van der Waals surface area contributed by atoms with E-state index >= 15 is 0 Å². The molecule has 0 spiro atoms. The number of rotatable bonds is 3. The molecule has 1 N–H and O–H groups in total. The Labute approximate surface area is 113 Å². The van der Waals surface area contributed by atoms with Crippen molar-refractivity contribution in [1.82, 2.24) is 4.90 Å². The van der Waals surface area contributed by atoms with Crippen LogP contribution < -0.4 is 0 Å². The molecule has 1 fully saturated rings. The van der Waals surface area contributed by atoms with E-state index in [1.807, 2.05) is 31.2 Å². The van der Waals surface area contributed by atoms with E-state index in [1.165, 1.54) is 4.90 Å². The minimum absolute atomic E-state index is 0.0871. The van der Waals surface area contributed by atoms with E-state index in [0.717, 1.165) is 24.0 Å². The summed E-state index contributed by atoms with van der Waals surface area (Å²) in [7, 11) is 0. The first-order valence-electron chi connectivity index (χ1n) is 6.66. The van der Waals surface area contributed by atoms with Gasteiger partial charge in [0.25, 0.3) is 0 Å². The van der Waals surface area contributed by atoms with Crippen LogP contribution in [0.3, 0.4) is 0 Å². The van der Waals surface area contributed by atoms with Crippen LogP contribution >= 0.6 is 0 Å². The molecular weight excluding hydrogens is 242 g/mol. The molecule has 0 aromatic heterocycles. The number of hydrogen-bond acceptors (Lipinski definition) is 2. The molecule has 0 bridgehead atoms. The summed E-state index contributed by atoms with van der Waals surface area (Å²) in [4.78, 5) is 24.9. The molecule has 1 amide bonds. The second-order valence-corrected chi connectivity index (χ2v) is 5.10. The molecule has 0 unspecified atom stereocenters. The van der Waals surface area contributed by atoms with E-state index in [2.05, 4.69) is 0 Å². The maximum atomic E-state index is 12.2. The second kappa shape index (κ2) is 5.87. The lowest BCUT2D eigenvalue weighted by molar-refractivity contribution is -0.151. The van der Waals surface area contributed by atoms with Crippen molar-refractivity contribution < 1.29 is 14.7 Å². The molecule has 1 aliphatic rings. The predicted molar refractivity (Wildman–Crippen MR) is 71.9 cm³/mol. The average Bonchev–Trinajstić information content (AvgIpc) is 2.41. The number of carboxylic acids is 1. The first kappa shape index (κ1) is 13.6. The van der Waals surface area contributed by atoms with E-state index in [4.69, 9.17) is 5.11 Å². The van der Waals surface area contributed by atoms with Gasteiger partial charge in [0.1, 0.15) is 6.04 Å². The van der Waals surface area contributed by atoms with Crippen LogP contribution in [0.1, 0.15) is 30.4 Å². The van der Waals surface area contributed by atoms with E-state index in [0.29, 0.717) is 13.0 Å². The van der Waals surface area contributed by atoms with Crippen molar-refractivity contribution in [2.24, 2.45) is 0 Å². The van der Waals surface area contributed by atoms with E-state index < -0.39 is 12.0 Å². The Hall–Kier alpha value is -1.84. The number of aliphatic carboxylic acids is 1. The molecule has 1 heterocycles. The van der Waals surface area contributed by atoms with Crippen molar-refractivity contribution >= 4 is 11.9 Å². The Morgan fingerprint density at radius 2 is 1.95 bits per heavy atom. The number of hydrogen-bond donors (Lipinski definition) is 1. The number of piperidine rings is 1. The van der Waals surface area contributed by atoms with Crippen LogP contribution in [0.25, 0.3) is 0 Å². The Morgan fingerprint density at radius 3 is 2.58 bits per heavy atom. The van der Waals surface area contributed by atoms with E-state index in [-0.39, 0.29) is 12.3 Å². The average molecular weight is 261 g/mol. The number of carbonyl (C=O) groups is 2. The maximum Gasteiger partial charge on any atom is 0.326 e.